The van der Waals surface area contributed by atoms with Gasteiger partial charge in [-0.1, -0.05) is 41.9 Å². The Bertz CT molecular complexity index is 849. The molecule has 5 nitrogen and oxygen atoms in total. The number of likely N-dealkylation sites (N-methyl/N-ethyl adjacent to an activating group) is 1. The number of aromatic nitrogens is 2. The molecule has 0 fully saturated rings. The van der Waals surface area contributed by atoms with Gasteiger partial charge in [-0.05, 0) is 30.3 Å². The van der Waals surface area contributed by atoms with Crippen LogP contribution in [0.4, 0.5) is 0 Å². The monoisotopic (exact) mass is 355 g/mol. The lowest BCUT2D eigenvalue weighted by Gasteiger charge is -2.16. The molecule has 0 unspecified atom stereocenters. The van der Waals surface area contributed by atoms with E-state index in [4.69, 9.17) is 16.3 Å². The minimum atomic E-state index is -0.164. The lowest BCUT2D eigenvalue weighted by Crippen LogP contribution is -2.31. The average molecular weight is 356 g/mol. The molecule has 1 heterocycles. The molecule has 0 N–H and O–H groups in total. The van der Waals surface area contributed by atoms with Gasteiger partial charge in [0.1, 0.15) is 12.4 Å². The standard InChI is InChI=1S/C19H18ClN3O2/c1-22(13-14-25-15-7-3-2-4-8-15)19(24)17-11-12-23(21-17)18-10-6-5-9-16(18)20/h2-12H,13-14H2,1H3. The number of para-hydroxylation sites is 2. The fourth-order valence-corrected chi connectivity index (χ4v) is 2.55. The zero-order valence-electron chi connectivity index (χ0n) is 13.8. The topological polar surface area (TPSA) is 47.4 Å². The summed E-state index contributed by atoms with van der Waals surface area (Å²) in [6.45, 7) is 0.879. The van der Waals surface area contributed by atoms with E-state index in [0.717, 1.165) is 11.4 Å². The van der Waals surface area contributed by atoms with E-state index in [2.05, 4.69) is 5.10 Å². The molecule has 0 spiro atoms. The third-order valence-electron chi connectivity index (χ3n) is 3.69. The minimum absolute atomic E-state index is 0.164. The molecule has 25 heavy (non-hydrogen) atoms. The fraction of sp³-hybridized carbons (Fsp3) is 0.158. The van der Waals surface area contributed by atoms with Gasteiger partial charge in [0, 0.05) is 13.2 Å². The van der Waals surface area contributed by atoms with Crippen molar-refractivity contribution in [1.82, 2.24) is 14.7 Å². The van der Waals surface area contributed by atoms with Gasteiger partial charge in [0.2, 0.25) is 0 Å². The van der Waals surface area contributed by atoms with E-state index < -0.39 is 0 Å². The first-order chi connectivity index (χ1) is 12.1. The maximum atomic E-state index is 12.5. The Hall–Kier alpha value is -2.79. The smallest absolute Gasteiger partial charge is 0.274 e. The van der Waals surface area contributed by atoms with Crippen molar-refractivity contribution in [2.45, 2.75) is 0 Å². The Morgan fingerprint density at radius 2 is 1.84 bits per heavy atom. The summed E-state index contributed by atoms with van der Waals surface area (Å²) in [7, 11) is 1.73. The second-order valence-corrected chi connectivity index (χ2v) is 5.89. The number of carbonyl (C=O) groups is 1. The summed E-state index contributed by atoms with van der Waals surface area (Å²) < 4.78 is 7.22. The summed E-state index contributed by atoms with van der Waals surface area (Å²) in [5.41, 5.74) is 1.10. The second kappa shape index (κ2) is 7.85. The summed E-state index contributed by atoms with van der Waals surface area (Å²) >= 11 is 6.16. The predicted molar refractivity (Wildman–Crippen MR) is 97.5 cm³/mol. The molecule has 0 bridgehead atoms. The van der Waals surface area contributed by atoms with Gasteiger partial charge in [-0.3, -0.25) is 4.79 Å². The third-order valence-corrected chi connectivity index (χ3v) is 4.01. The summed E-state index contributed by atoms with van der Waals surface area (Å²) in [6, 6.07) is 18.5. The number of carbonyl (C=O) groups excluding carboxylic acids is 1. The van der Waals surface area contributed by atoms with E-state index in [-0.39, 0.29) is 5.91 Å². The van der Waals surface area contributed by atoms with Crippen molar-refractivity contribution < 1.29 is 9.53 Å². The number of halogens is 1. The first-order valence-corrected chi connectivity index (χ1v) is 8.27. The van der Waals surface area contributed by atoms with E-state index >= 15 is 0 Å². The van der Waals surface area contributed by atoms with E-state index in [1.54, 1.807) is 35.0 Å². The van der Waals surface area contributed by atoms with Crippen LogP contribution in [0.25, 0.3) is 5.69 Å². The molecule has 2 aromatic carbocycles. The highest BCUT2D eigenvalue weighted by atomic mass is 35.5. The maximum absolute atomic E-state index is 12.5. The summed E-state index contributed by atoms with van der Waals surface area (Å²) in [5.74, 6) is 0.619. The molecule has 3 rings (SSSR count). The minimum Gasteiger partial charge on any atom is -0.492 e. The lowest BCUT2D eigenvalue weighted by molar-refractivity contribution is 0.0767. The van der Waals surface area contributed by atoms with Crippen molar-refractivity contribution in [3.8, 4) is 11.4 Å². The fourth-order valence-electron chi connectivity index (χ4n) is 2.32. The highest BCUT2D eigenvalue weighted by molar-refractivity contribution is 6.32. The number of hydrogen-bond donors (Lipinski definition) is 0. The van der Waals surface area contributed by atoms with Crippen molar-refractivity contribution in [3.63, 3.8) is 0 Å². The van der Waals surface area contributed by atoms with Crippen LogP contribution in [-0.4, -0.2) is 40.8 Å². The molecule has 0 radical (unpaired) electrons. The molecule has 0 atom stereocenters. The maximum Gasteiger partial charge on any atom is 0.274 e. The molecule has 0 aliphatic carbocycles. The molecular formula is C19H18ClN3O2. The molecular weight excluding hydrogens is 338 g/mol. The quantitative estimate of drug-likeness (QED) is 0.677. The van der Waals surface area contributed by atoms with Gasteiger partial charge in [-0.15, -0.1) is 0 Å². The van der Waals surface area contributed by atoms with Gasteiger partial charge in [-0.2, -0.15) is 5.10 Å². The number of rotatable bonds is 6. The molecule has 0 aliphatic heterocycles. The SMILES string of the molecule is CN(CCOc1ccccc1)C(=O)c1ccn(-c2ccccc2Cl)n1. The van der Waals surface area contributed by atoms with E-state index in [9.17, 15) is 4.79 Å². The highest BCUT2D eigenvalue weighted by Crippen LogP contribution is 2.19. The third kappa shape index (κ3) is 4.19. The summed E-state index contributed by atoms with van der Waals surface area (Å²) in [5, 5.41) is 4.91. The molecule has 128 valence electrons. The van der Waals surface area contributed by atoms with Crippen molar-refractivity contribution in [1.29, 1.82) is 0 Å². The second-order valence-electron chi connectivity index (χ2n) is 5.49. The normalized spacial score (nSPS) is 10.5. The molecule has 0 saturated heterocycles. The van der Waals surface area contributed by atoms with Crippen LogP contribution < -0.4 is 4.74 Å². The zero-order valence-corrected chi connectivity index (χ0v) is 14.6. The number of amides is 1. The summed E-state index contributed by atoms with van der Waals surface area (Å²) in [4.78, 5) is 14.1. The van der Waals surface area contributed by atoms with Crippen LogP contribution in [0.2, 0.25) is 5.02 Å². The van der Waals surface area contributed by atoms with E-state index in [0.29, 0.717) is 23.9 Å². The molecule has 1 amide bonds. The first kappa shape index (κ1) is 17.0. The largest absolute Gasteiger partial charge is 0.492 e. The van der Waals surface area contributed by atoms with E-state index in [1.807, 2.05) is 48.5 Å². The summed E-state index contributed by atoms with van der Waals surface area (Å²) in [6.07, 6.45) is 1.72. The first-order valence-electron chi connectivity index (χ1n) is 7.89. The number of benzene rings is 2. The Morgan fingerprint density at radius 1 is 1.12 bits per heavy atom. The molecule has 0 aliphatic rings. The lowest BCUT2D eigenvalue weighted by atomic mass is 10.3. The van der Waals surface area contributed by atoms with Crippen molar-refractivity contribution in [2.24, 2.45) is 0 Å². The molecule has 0 saturated carbocycles. The average Bonchev–Trinajstić information content (AvgIpc) is 3.12. The zero-order chi connectivity index (χ0) is 17.6. The molecule has 6 heteroatoms. The number of ether oxygens (including phenoxy) is 1. The Kier molecular flexibility index (Phi) is 5.36. The predicted octanol–water partition coefficient (Wildman–Crippen LogP) is 3.68. The van der Waals surface area contributed by atoms with Gasteiger partial charge in [0.05, 0.1) is 17.3 Å². The van der Waals surface area contributed by atoms with Crippen LogP contribution in [0.5, 0.6) is 5.75 Å². The molecule has 3 aromatic rings. The molecule has 1 aromatic heterocycles. The van der Waals surface area contributed by atoms with Crippen molar-refractivity contribution in [2.75, 3.05) is 20.2 Å². The van der Waals surface area contributed by atoms with Crippen LogP contribution in [-0.2, 0) is 0 Å². The number of hydrogen-bond acceptors (Lipinski definition) is 3. The van der Waals surface area contributed by atoms with Crippen LogP contribution in [0, 0.1) is 0 Å². The van der Waals surface area contributed by atoms with Crippen LogP contribution >= 0.6 is 11.6 Å². The van der Waals surface area contributed by atoms with Gasteiger partial charge < -0.3 is 9.64 Å². The number of nitrogens with zero attached hydrogens (tertiary/aromatic N) is 3. The van der Waals surface area contributed by atoms with Crippen molar-refractivity contribution in [3.05, 3.63) is 77.6 Å². The van der Waals surface area contributed by atoms with Gasteiger partial charge in [0.25, 0.3) is 5.91 Å². The van der Waals surface area contributed by atoms with Gasteiger partial charge in [0.15, 0.2) is 5.69 Å². The van der Waals surface area contributed by atoms with Crippen molar-refractivity contribution >= 4 is 17.5 Å². The Labute approximate surface area is 151 Å². The van der Waals surface area contributed by atoms with Gasteiger partial charge >= 0.3 is 0 Å². The highest BCUT2D eigenvalue weighted by Gasteiger charge is 2.15. The van der Waals surface area contributed by atoms with Crippen LogP contribution in [0.3, 0.4) is 0 Å². The van der Waals surface area contributed by atoms with E-state index in [1.165, 1.54) is 0 Å². The van der Waals surface area contributed by atoms with Crippen LogP contribution in [0.15, 0.2) is 66.9 Å². The van der Waals surface area contributed by atoms with Crippen LogP contribution in [0.1, 0.15) is 10.5 Å². The Balaban J connectivity index is 1.60. The van der Waals surface area contributed by atoms with Gasteiger partial charge in [-0.25, -0.2) is 4.68 Å². The Morgan fingerprint density at radius 3 is 2.60 bits per heavy atom.